The lowest BCUT2D eigenvalue weighted by Crippen LogP contribution is -2.42. The van der Waals surface area contributed by atoms with Crippen molar-refractivity contribution in [3.8, 4) is 0 Å². The van der Waals surface area contributed by atoms with Gasteiger partial charge in [-0.15, -0.1) is 0 Å². The molecule has 0 aliphatic heterocycles. The van der Waals surface area contributed by atoms with Gasteiger partial charge in [0.25, 0.3) is 0 Å². The quantitative estimate of drug-likeness (QED) is 0.493. The number of rotatable bonds is 6. The van der Waals surface area contributed by atoms with Gasteiger partial charge in [0.2, 0.25) is 0 Å². The maximum atomic E-state index is 11.0. The molecule has 14 heavy (non-hydrogen) atoms. The fourth-order valence-corrected chi connectivity index (χ4v) is 0.762. The Morgan fingerprint density at radius 2 is 1.93 bits per heavy atom. The zero-order chi connectivity index (χ0) is 11.0. The van der Waals surface area contributed by atoms with Gasteiger partial charge in [0.05, 0.1) is 40.8 Å². The molecule has 5 heteroatoms. The third-order valence-electron chi connectivity index (χ3n) is 1.57. The largest absolute Gasteiger partial charge is 0.447 e. The molecule has 0 radical (unpaired) electrons. The average molecular weight is 205 g/mol. The molecule has 0 atom stereocenters. The van der Waals surface area contributed by atoms with Crippen LogP contribution >= 0.6 is 0 Å². The molecule has 0 aromatic heterocycles. The van der Waals surface area contributed by atoms with Crippen LogP contribution in [-0.4, -0.2) is 65.1 Å². The molecule has 0 aliphatic carbocycles. The van der Waals surface area contributed by atoms with E-state index >= 15 is 0 Å². The molecule has 0 saturated carbocycles. The number of methoxy groups -OCH3 is 1. The number of nitrogens with zero attached hydrogens (tertiary/aromatic N) is 1. The maximum absolute atomic E-state index is 11.0. The summed E-state index contributed by atoms with van der Waals surface area (Å²) < 4.78 is 10.4. The lowest BCUT2D eigenvalue weighted by Gasteiger charge is -2.23. The van der Waals surface area contributed by atoms with Crippen LogP contribution in [0.5, 0.6) is 0 Å². The number of ether oxygens (including phenoxy) is 2. The van der Waals surface area contributed by atoms with Crippen LogP contribution in [0.2, 0.25) is 0 Å². The van der Waals surface area contributed by atoms with Crippen LogP contribution in [0.1, 0.15) is 0 Å². The number of hydrogen-bond donors (Lipinski definition) is 1. The van der Waals surface area contributed by atoms with Crippen molar-refractivity contribution in [1.82, 2.24) is 5.32 Å². The zero-order valence-electron chi connectivity index (χ0n) is 9.50. The predicted octanol–water partition coefficient (Wildman–Crippen LogP) is 0.0652. The lowest BCUT2D eigenvalue weighted by molar-refractivity contribution is -0.869. The molecule has 0 rings (SSSR count). The van der Waals surface area contributed by atoms with Gasteiger partial charge in [-0.3, -0.25) is 0 Å². The van der Waals surface area contributed by atoms with Crippen LogP contribution in [0.3, 0.4) is 0 Å². The summed E-state index contributed by atoms with van der Waals surface area (Å²) in [7, 11) is 7.77. The van der Waals surface area contributed by atoms with Crippen molar-refractivity contribution >= 4 is 6.09 Å². The van der Waals surface area contributed by atoms with Crippen molar-refractivity contribution < 1.29 is 18.8 Å². The van der Waals surface area contributed by atoms with E-state index in [0.717, 1.165) is 11.0 Å². The first-order chi connectivity index (χ1) is 6.45. The second-order valence-electron chi connectivity index (χ2n) is 4.07. The molecular formula is C9H21N2O3+. The molecule has 0 saturated heterocycles. The summed E-state index contributed by atoms with van der Waals surface area (Å²) in [6.07, 6.45) is -0.379. The number of likely N-dealkylation sites (N-methyl/N-ethyl adjacent to an activating group) is 1. The van der Waals surface area contributed by atoms with Crippen molar-refractivity contribution in [1.29, 1.82) is 0 Å². The molecule has 0 heterocycles. The summed E-state index contributed by atoms with van der Waals surface area (Å²) in [5.74, 6) is 0. The predicted molar refractivity (Wildman–Crippen MR) is 54.1 cm³/mol. The molecular weight excluding hydrogens is 184 g/mol. The van der Waals surface area contributed by atoms with E-state index in [1.807, 2.05) is 0 Å². The number of carbonyl (C=O) groups excluding carboxylic acids is 1. The van der Waals surface area contributed by atoms with Crippen LogP contribution in [0, 0.1) is 0 Å². The summed E-state index contributed by atoms with van der Waals surface area (Å²) in [5, 5.41) is 2.67. The topological polar surface area (TPSA) is 47.6 Å². The van der Waals surface area contributed by atoms with Gasteiger partial charge in [0.15, 0.2) is 0 Å². The summed E-state index contributed by atoms with van der Waals surface area (Å²) in [4.78, 5) is 11.0. The first-order valence-corrected chi connectivity index (χ1v) is 4.66. The average Bonchev–Trinajstić information content (AvgIpc) is 2.02. The van der Waals surface area contributed by atoms with Gasteiger partial charge in [-0.05, 0) is 0 Å². The summed E-state index contributed by atoms with van der Waals surface area (Å²) in [6.45, 7) is 2.23. The van der Waals surface area contributed by atoms with Gasteiger partial charge >= 0.3 is 6.09 Å². The molecule has 1 amide bonds. The Balaban J connectivity index is 3.36. The number of amides is 1. The van der Waals surface area contributed by atoms with Crippen molar-refractivity contribution in [2.24, 2.45) is 0 Å². The van der Waals surface area contributed by atoms with Crippen LogP contribution in [0.15, 0.2) is 0 Å². The van der Waals surface area contributed by atoms with E-state index in [1.165, 1.54) is 0 Å². The van der Waals surface area contributed by atoms with E-state index in [-0.39, 0.29) is 6.09 Å². The third kappa shape index (κ3) is 9.28. The number of carbonyl (C=O) groups is 1. The first-order valence-electron chi connectivity index (χ1n) is 4.66. The molecule has 0 aromatic rings. The second kappa shape index (κ2) is 6.62. The summed E-state index contributed by atoms with van der Waals surface area (Å²) in [6, 6.07) is 0. The number of nitrogens with one attached hydrogen (secondary N) is 1. The fraction of sp³-hybridized carbons (Fsp3) is 0.889. The van der Waals surface area contributed by atoms with Crippen LogP contribution in [0.25, 0.3) is 0 Å². The molecule has 0 aliphatic rings. The number of alkyl carbamates (subject to hydrolysis) is 1. The van der Waals surface area contributed by atoms with Gasteiger partial charge in [0, 0.05) is 7.11 Å². The molecule has 0 spiro atoms. The summed E-state index contributed by atoms with van der Waals surface area (Å²) >= 11 is 0. The maximum Gasteiger partial charge on any atom is 0.407 e. The molecule has 0 bridgehead atoms. The highest BCUT2D eigenvalue weighted by molar-refractivity contribution is 5.66. The second-order valence-corrected chi connectivity index (χ2v) is 4.07. The van der Waals surface area contributed by atoms with Crippen LogP contribution in [0.4, 0.5) is 4.79 Å². The standard InChI is InChI=1S/C9H20N2O3/c1-11(2,3)6-5-10-9(12)14-8-7-13-4/h5-8H2,1-4H3/p+1. The number of quaternary nitrogens is 1. The Labute approximate surface area is 85.6 Å². The van der Waals surface area contributed by atoms with Crippen molar-refractivity contribution in [2.75, 3.05) is 54.6 Å². The zero-order valence-corrected chi connectivity index (χ0v) is 9.50. The molecule has 1 N–H and O–H groups in total. The minimum atomic E-state index is -0.379. The van der Waals surface area contributed by atoms with Crippen molar-refractivity contribution in [2.45, 2.75) is 0 Å². The molecule has 0 unspecified atom stereocenters. The number of hydrogen-bond acceptors (Lipinski definition) is 3. The Hall–Kier alpha value is -0.810. The molecule has 5 nitrogen and oxygen atoms in total. The highest BCUT2D eigenvalue weighted by Crippen LogP contribution is 1.87. The molecule has 0 aromatic carbocycles. The van der Waals surface area contributed by atoms with Gasteiger partial charge in [0.1, 0.15) is 6.61 Å². The van der Waals surface area contributed by atoms with E-state index in [1.54, 1.807) is 7.11 Å². The third-order valence-corrected chi connectivity index (χ3v) is 1.57. The minimum absolute atomic E-state index is 0.298. The van der Waals surface area contributed by atoms with Crippen molar-refractivity contribution in [3.63, 3.8) is 0 Å². The molecule has 0 fully saturated rings. The monoisotopic (exact) mass is 205 g/mol. The minimum Gasteiger partial charge on any atom is -0.447 e. The smallest absolute Gasteiger partial charge is 0.407 e. The van der Waals surface area contributed by atoms with Crippen LogP contribution < -0.4 is 5.32 Å². The SMILES string of the molecule is COCCOC(=O)NCC[N+](C)(C)C. The van der Waals surface area contributed by atoms with Gasteiger partial charge < -0.3 is 19.3 Å². The van der Waals surface area contributed by atoms with Gasteiger partial charge in [-0.1, -0.05) is 0 Å². The van der Waals surface area contributed by atoms with Crippen molar-refractivity contribution in [3.05, 3.63) is 0 Å². The van der Waals surface area contributed by atoms with E-state index in [9.17, 15) is 4.79 Å². The Bertz CT molecular complexity index is 166. The Morgan fingerprint density at radius 3 is 2.43 bits per heavy atom. The van der Waals surface area contributed by atoms with E-state index < -0.39 is 0 Å². The lowest BCUT2D eigenvalue weighted by atomic mass is 10.5. The fourth-order valence-electron chi connectivity index (χ4n) is 0.762. The first kappa shape index (κ1) is 13.2. The Morgan fingerprint density at radius 1 is 1.29 bits per heavy atom. The van der Waals surface area contributed by atoms with Gasteiger partial charge in [-0.25, -0.2) is 4.79 Å². The normalized spacial score (nSPS) is 11.1. The van der Waals surface area contributed by atoms with E-state index in [0.29, 0.717) is 19.8 Å². The van der Waals surface area contributed by atoms with E-state index in [2.05, 4.69) is 26.5 Å². The Kier molecular flexibility index (Phi) is 6.23. The highest BCUT2D eigenvalue weighted by Gasteiger charge is 2.07. The van der Waals surface area contributed by atoms with E-state index in [4.69, 9.17) is 9.47 Å². The highest BCUT2D eigenvalue weighted by atomic mass is 16.6. The summed E-state index contributed by atoms with van der Waals surface area (Å²) in [5.41, 5.74) is 0. The van der Waals surface area contributed by atoms with Gasteiger partial charge in [-0.2, -0.15) is 0 Å². The van der Waals surface area contributed by atoms with Crippen LogP contribution in [-0.2, 0) is 9.47 Å². The molecule has 84 valence electrons.